The molecule has 1 saturated heterocycles. The summed E-state index contributed by atoms with van der Waals surface area (Å²) in [5.74, 6) is 1.77. The quantitative estimate of drug-likeness (QED) is 0.485. The highest BCUT2D eigenvalue weighted by Crippen LogP contribution is 2.24. The lowest BCUT2D eigenvalue weighted by Gasteiger charge is -2.19. The van der Waals surface area contributed by atoms with Crippen LogP contribution in [0.15, 0.2) is 23.2 Å². The van der Waals surface area contributed by atoms with E-state index in [4.69, 9.17) is 14.5 Å². The van der Waals surface area contributed by atoms with Gasteiger partial charge in [0.25, 0.3) is 0 Å². The summed E-state index contributed by atoms with van der Waals surface area (Å²) in [5, 5.41) is 6.76. The van der Waals surface area contributed by atoms with Crippen LogP contribution in [-0.2, 0) is 11.3 Å². The number of aliphatic imine (C=N–C) groups is 1. The molecule has 2 N–H and O–H groups in total. The molecule has 6 nitrogen and oxygen atoms in total. The summed E-state index contributed by atoms with van der Waals surface area (Å²) in [7, 11) is 0. The average molecular weight is 377 g/mol. The van der Waals surface area contributed by atoms with Crippen molar-refractivity contribution in [3.63, 3.8) is 0 Å². The van der Waals surface area contributed by atoms with E-state index in [1.807, 2.05) is 0 Å². The van der Waals surface area contributed by atoms with Gasteiger partial charge in [0.15, 0.2) is 5.96 Å². The van der Waals surface area contributed by atoms with E-state index in [0.717, 1.165) is 63.0 Å². The zero-order valence-corrected chi connectivity index (χ0v) is 17.4. The van der Waals surface area contributed by atoms with Gasteiger partial charge in [0.2, 0.25) is 0 Å². The first-order valence-electron chi connectivity index (χ1n) is 10.2. The largest absolute Gasteiger partial charge is 0.488 e. The van der Waals surface area contributed by atoms with Crippen molar-refractivity contribution in [2.45, 2.75) is 46.8 Å². The Balaban J connectivity index is 1.99. The van der Waals surface area contributed by atoms with Gasteiger partial charge in [-0.15, -0.1) is 0 Å². The third-order valence-corrected chi connectivity index (χ3v) is 4.77. The molecule has 1 aromatic carbocycles. The van der Waals surface area contributed by atoms with Crippen molar-refractivity contribution in [2.75, 3.05) is 45.9 Å². The second-order valence-electron chi connectivity index (χ2n) is 6.86. The predicted molar refractivity (Wildman–Crippen MR) is 112 cm³/mol. The van der Waals surface area contributed by atoms with Gasteiger partial charge >= 0.3 is 0 Å². The summed E-state index contributed by atoms with van der Waals surface area (Å²) in [6.07, 6.45) is 1.10. The van der Waals surface area contributed by atoms with Crippen LogP contribution in [0, 0.1) is 6.92 Å². The van der Waals surface area contributed by atoms with Crippen LogP contribution in [0.2, 0.25) is 0 Å². The standard InChI is InChI=1S/C21H36N4O2/c1-5-22-21(23-11-12-25(6-2)7-3)24-15-18-9-8-17(4)14-20(18)27-19-10-13-26-16-19/h8-9,14,19H,5-7,10-13,15-16H2,1-4H3,(H2,22,23,24). The van der Waals surface area contributed by atoms with E-state index in [9.17, 15) is 0 Å². The maximum atomic E-state index is 6.18. The molecule has 152 valence electrons. The predicted octanol–water partition coefficient (Wildman–Crippen LogP) is 2.56. The van der Waals surface area contributed by atoms with Gasteiger partial charge in [0, 0.05) is 31.6 Å². The van der Waals surface area contributed by atoms with E-state index in [2.05, 4.69) is 61.4 Å². The lowest BCUT2D eigenvalue weighted by molar-refractivity contribution is 0.140. The van der Waals surface area contributed by atoms with Gasteiger partial charge in [-0.3, -0.25) is 0 Å². The van der Waals surface area contributed by atoms with Gasteiger partial charge in [-0.25, -0.2) is 4.99 Å². The second-order valence-corrected chi connectivity index (χ2v) is 6.86. The Morgan fingerprint density at radius 2 is 2.07 bits per heavy atom. The summed E-state index contributed by atoms with van der Waals surface area (Å²) < 4.78 is 11.6. The Morgan fingerprint density at radius 3 is 2.74 bits per heavy atom. The first-order valence-corrected chi connectivity index (χ1v) is 10.2. The molecule has 1 aliphatic rings. The molecule has 0 amide bonds. The molecule has 1 heterocycles. The zero-order valence-electron chi connectivity index (χ0n) is 17.4. The van der Waals surface area contributed by atoms with Crippen LogP contribution in [0.1, 0.15) is 38.3 Å². The van der Waals surface area contributed by atoms with Gasteiger partial charge in [-0.2, -0.15) is 0 Å². The van der Waals surface area contributed by atoms with Crippen LogP contribution in [0.5, 0.6) is 5.75 Å². The number of hydrogen-bond acceptors (Lipinski definition) is 4. The minimum atomic E-state index is 0.148. The molecular formula is C21H36N4O2. The third-order valence-electron chi connectivity index (χ3n) is 4.77. The van der Waals surface area contributed by atoms with Gasteiger partial charge in [-0.05, 0) is 38.6 Å². The van der Waals surface area contributed by atoms with Gasteiger partial charge in [0.05, 0.1) is 19.8 Å². The fourth-order valence-corrected chi connectivity index (χ4v) is 3.07. The molecule has 0 radical (unpaired) electrons. The van der Waals surface area contributed by atoms with Crippen LogP contribution in [0.3, 0.4) is 0 Å². The zero-order chi connectivity index (χ0) is 19.5. The van der Waals surface area contributed by atoms with Gasteiger partial charge in [0.1, 0.15) is 11.9 Å². The summed E-state index contributed by atoms with van der Waals surface area (Å²) >= 11 is 0. The number of benzene rings is 1. The molecule has 1 atom stereocenters. The summed E-state index contributed by atoms with van der Waals surface area (Å²) in [4.78, 5) is 7.16. The van der Waals surface area contributed by atoms with Crippen molar-refractivity contribution in [1.82, 2.24) is 15.5 Å². The fraction of sp³-hybridized carbons (Fsp3) is 0.667. The molecule has 1 aromatic rings. The van der Waals surface area contributed by atoms with E-state index in [-0.39, 0.29) is 6.10 Å². The van der Waals surface area contributed by atoms with Gasteiger partial charge in [-0.1, -0.05) is 26.0 Å². The highest BCUT2D eigenvalue weighted by atomic mass is 16.5. The van der Waals surface area contributed by atoms with Crippen LogP contribution in [0.4, 0.5) is 0 Å². The van der Waals surface area contributed by atoms with Crippen molar-refractivity contribution in [3.8, 4) is 5.75 Å². The first kappa shape index (κ1) is 21.5. The number of likely N-dealkylation sites (N-methyl/N-ethyl adjacent to an activating group) is 1. The lowest BCUT2D eigenvalue weighted by Crippen LogP contribution is -2.41. The van der Waals surface area contributed by atoms with Crippen LogP contribution >= 0.6 is 0 Å². The van der Waals surface area contributed by atoms with E-state index in [1.165, 1.54) is 5.56 Å². The maximum absolute atomic E-state index is 6.18. The van der Waals surface area contributed by atoms with Crippen LogP contribution < -0.4 is 15.4 Å². The number of nitrogens with one attached hydrogen (secondary N) is 2. The molecule has 0 spiro atoms. The molecule has 6 heteroatoms. The number of guanidine groups is 1. The monoisotopic (exact) mass is 376 g/mol. The number of nitrogens with zero attached hydrogens (tertiary/aromatic N) is 2. The minimum absolute atomic E-state index is 0.148. The molecule has 1 fully saturated rings. The van der Waals surface area contributed by atoms with Crippen LogP contribution in [0.25, 0.3) is 0 Å². The van der Waals surface area contributed by atoms with Crippen LogP contribution in [-0.4, -0.2) is 62.9 Å². The molecule has 1 unspecified atom stereocenters. The Hall–Kier alpha value is -1.79. The Morgan fingerprint density at radius 1 is 1.26 bits per heavy atom. The van der Waals surface area contributed by atoms with E-state index < -0.39 is 0 Å². The van der Waals surface area contributed by atoms with E-state index in [0.29, 0.717) is 13.2 Å². The van der Waals surface area contributed by atoms with Crippen molar-refractivity contribution >= 4 is 5.96 Å². The van der Waals surface area contributed by atoms with E-state index >= 15 is 0 Å². The number of aryl methyl sites for hydroxylation is 1. The normalized spacial score (nSPS) is 17.4. The molecule has 27 heavy (non-hydrogen) atoms. The lowest BCUT2D eigenvalue weighted by atomic mass is 10.1. The van der Waals surface area contributed by atoms with Crippen molar-refractivity contribution < 1.29 is 9.47 Å². The molecule has 2 rings (SSSR count). The van der Waals surface area contributed by atoms with E-state index in [1.54, 1.807) is 0 Å². The summed E-state index contributed by atoms with van der Waals surface area (Å²) in [6, 6.07) is 6.33. The van der Waals surface area contributed by atoms with Crippen molar-refractivity contribution in [2.24, 2.45) is 4.99 Å². The highest BCUT2D eigenvalue weighted by Gasteiger charge is 2.18. The Kier molecular flexibility index (Phi) is 9.42. The molecule has 0 bridgehead atoms. The van der Waals surface area contributed by atoms with Gasteiger partial charge < -0.3 is 25.0 Å². The third kappa shape index (κ3) is 7.39. The topological polar surface area (TPSA) is 58.1 Å². The summed E-state index contributed by atoms with van der Waals surface area (Å²) in [6.45, 7) is 15.5. The SMILES string of the molecule is CCNC(=NCc1ccc(C)cc1OC1CCOC1)NCCN(CC)CC. The number of hydrogen-bond donors (Lipinski definition) is 2. The fourth-order valence-electron chi connectivity index (χ4n) is 3.07. The summed E-state index contributed by atoms with van der Waals surface area (Å²) in [5.41, 5.74) is 2.30. The molecule has 0 aliphatic carbocycles. The molecular weight excluding hydrogens is 340 g/mol. The molecule has 1 aliphatic heterocycles. The Bertz CT molecular complexity index is 582. The average Bonchev–Trinajstić information content (AvgIpc) is 3.17. The smallest absolute Gasteiger partial charge is 0.191 e. The van der Waals surface area contributed by atoms with Crippen molar-refractivity contribution in [1.29, 1.82) is 0 Å². The maximum Gasteiger partial charge on any atom is 0.191 e. The second kappa shape index (κ2) is 11.8. The first-order chi connectivity index (χ1) is 13.2. The van der Waals surface area contributed by atoms with Crippen molar-refractivity contribution in [3.05, 3.63) is 29.3 Å². The highest BCUT2D eigenvalue weighted by molar-refractivity contribution is 5.79. The molecule has 0 aromatic heterocycles. The molecule has 0 saturated carbocycles. The minimum Gasteiger partial charge on any atom is -0.488 e. The number of ether oxygens (including phenoxy) is 2. The number of rotatable bonds is 10. The Labute approximate surface area is 164 Å².